The molecule has 1 atom stereocenters. The molecule has 1 heterocycles. The minimum Gasteiger partial charge on any atom is -0.383 e. The first-order valence-electron chi connectivity index (χ1n) is 4.41. The standard InChI is InChI=1S/C8H16N4OS/c1-6(5-13-4)12-7(11(2)3)9-10-8(12)14/h6H,5H2,1-4H3,(H,10,14). The lowest BCUT2D eigenvalue weighted by Crippen LogP contribution is -2.19. The molecule has 0 saturated heterocycles. The highest BCUT2D eigenvalue weighted by atomic mass is 32.1. The number of hydrogen-bond donors (Lipinski definition) is 1. The van der Waals surface area contributed by atoms with Gasteiger partial charge in [-0.15, -0.1) is 5.10 Å². The zero-order valence-corrected chi connectivity index (χ0v) is 9.76. The van der Waals surface area contributed by atoms with Crippen LogP contribution in [-0.4, -0.2) is 42.6 Å². The van der Waals surface area contributed by atoms with Crippen molar-refractivity contribution in [3.05, 3.63) is 4.77 Å². The summed E-state index contributed by atoms with van der Waals surface area (Å²) in [6, 6.07) is 0.184. The summed E-state index contributed by atoms with van der Waals surface area (Å²) in [7, 11) is 5.54. The van der Waals surface area contributed by atoms with Crippen LogP contribution in [0.4, 0.5) is 5.95 Å². The quantitative estimate of drug-likeness (QED) is 0.769. The van der Waals surface area contributed by atoms with Crippen LogP contribution >= 0.6 is 12.2 Å². The maximum Gasteiger partial charge on any atom is 0.225 e. The summed E-state index contributed by atoms with van der Waals surface area (Å²) in [5.74, 6) is 0.819. The molecule has 1 aromatic heterocycles. The fourth-order valence-corrected chi connectivity index (χ4v) is 1.63. The first-order chi connectivity index (χ1) is 6.57. The predicted molar refractivity (Wildman–Crippen MR) is 58.3 cm³/mol. The SMILES string of the molecule is COCC(C)n1c(N(C)C)n[nH]c1=S. The van der Waals surface area contributed by atoms with Gasteiger partial charge in [0, 0.05) is 21.2 Å². The van der Waals surface area contributed by atoms with E-state index >= 15 is 0 Å². The first-order valence-corrected chi connectivity index (χ1v) is 4.82. The van der Waals surface area contributed by atoms with Gasteiger partial charge in [0.15, 0.2) is 4.77 Å². The summed E-state index contributed by atoms with van der Waals surface area (Å²) in [5, 5.41) is 6.91. The Kier molecular flexibility index (Phi) is 3.65. The third kappa shape index (κ3) is 2.13. The molecule has 1 N–H and O–H groups in total. The van der Waals surface area contributed by atoms with Crippen molar-refractivity contribution < 1.29 is 4.74 Å². The fourth-order valence-electron chi connectivity index (χ4n) is 1.32. The first kappa shape index (κ1) is 11.2. The Morgan fingerprint density at radius 1 is 1.64 bits per heavy atom. The molecule has 0 aliphatic heterocycles. The van der Waals surface area contributed by atoms with E-state index in [2.05, 4.69) is 10.2 Å². The molecular weight excluding hydrogens is 200 g/mol. The molecule has 0 amide bonds. The highest BCUT2D eigenvalue weighted by molar-refractivity contribution is 7.71. The van der Waals surface area contributed by atoms with Crippen molar-refractivity contribution in [1.29, 1.82) is 0 Å². The van der Waals surface area contributed by atoms with E-state index in [0.29, 0.717) is 11.4 Å². The van der Waals surface area contributed by atoms with Crippen molar-refractivity contribution in [2.75, 3.05) is 32.7 Å². The zero-order chi connectivity index (χ0) is 10.7. The third-order valence-corrected chi connectivity index (χ3v) is 2.22. The molecule has 0 aliphatic rings. The van der Waals surface area contributed by atoms with Gasteiger partial charge in [0.25, 0.3) is 0 Å². The molecule has 6 heteroatoms. The number of anilines is 1. The normalized spacial score (nSPS) is 12.9. The van der Waals surface area contributed by atoms with Gasteiger partial charge in [0.2, 0.25) is 5.95 Å². The number of methoxy groups -OCH3 is 1. The smallest absolute Gasteiger partial charge is 0.225 e. The largest absolute Gasteiger partial charge is 0.383 e. The number of nitrogens with one attached hydrogen (secondary N) is 1. The Morgan fingerprint density at radius 2 is 2.29 bits per heavy atom. The molecule has 0 saturated carbocycles. The molecule has 0 bridgehead atoms. The Hall–Kier alpha value is -0.880. The molecule has 0 radical (unpaired) electrons. The van der Waals surface area contributed by atoms with E-state index in [4.69, 9.17) is 17.0 Å². The molecule has 1 unspecified atom stereocenters. The van der Waals surface area contributed by atoms with Crippen LogP contribution in [0.2, 0.25) is 0 Å². The molecule has 80 valence electrons. The van der Waals surface area contributed by atoms with E-state index in [0.717, 1.165) is 5.95 Å². The molecule has 0 spiro atoms. The lowest BCUT2D eigenvalue weighted by Gasteiger charge is -2.18. The number of nitrogens with zero attached hydrogens (tertiary/aromatic N) is 3. The topological polar surface area (TPSA) is 46.1 Å². The number of hydrogen-bond acceptors (Lipinski definition) is 4. The van der Waals surface area contributed by atoms with Crippen LogP contribution < -0.4 is 4.90 Å². The van der Waals surface area contributed by atoms with Crippen molar-refractivity contribution >= 4 is 18.2 Å². The van der Waals surface area contributed by atoms with Gasteiger partial charge >= 0.3 is 0 Å². The zero-order valence-electron chi connectivity index (χ0n) is 8.94. The van der Waals surface area contributed by atoms with Crippen LogP contribution in [0.1, 0.15) is 13.0 Å². The van der Waals surface area contributed by atoms with Gasteiger partial charge in [-0.2, -0.15) is 0 Å². The van der Waals surface area contributed by atoms with E-state index in [1.165, 1.54) is 0 Å². The summed E-state index contributed by atoms with van der Waals surface area (Å²) in [6.45, 7) is 2.66. The molecule has 0 fully saturated rings. The third-order valence-electron chi connectivity index (χ3n) is 1.93. The Balaban J connectivity index is 3.04. The van der Waals surface area contributed by atoms with Crippen LogP contribution in [0.5, 0.6) is 0 Å². The summed E-state index contributed by atoms with van der Waals surface area (Å²) in [4.78, 5) is 1.92. The molecule has 0 aromatic carbocycles. The fraction of sp³-hybridized carbons (Fsp3) is 0.750. The highest BCUT2D eigenvalue weighted by Crippen LogP contribution is 2.15. The molecule has 1 rings (SSSR count). The Labute approximate surface area is 88.7 Å². The number of aromatic nitrogens is 3. The van der Waals surface area contributed by atoms with Crippen LogP contribution in [0.15, 0.2) is 0 Å². The number of rotatable bonds is 4. The van der Waals surface area contributed by atoms with Gasteiger partial charge in [0.1, 0.15) is 0 Å². The van der Waals surface area contributed by atoms with Crippen LogP contribution in [0.25, 0.3) is 0 Å². The van der Waals surface area contributed by atoms with Crippen molar-refractivity contribution in [1.82, 2.24) is 14.8 Å². The van der Waals surface area contributed by atoms with E-state index in [9.17, 15) is 0 Å². The summed E-state index contributed by atoms with van der Waals surface area (Å²) in [6.07, 6.45) is 0. The van der Waals surface area contributed by atoms with Crippen LogP contribution in [0, 0.1) is 4.77 Å². The Bertz CT molecular complexity index is 343. The maximum atomic E-state index is 5.15. The number of aromatic amines is 1. The van der Waals surface area contributed by atoms with E-state index in [-0.39, 0.29) is 6.04 Å². The van der Waals surface area contributed by atoms with Gasteiger partial charge < -0.3 is 9.64 Å². The summed E-state index contributed by atoms with van der Waals surface area (Å²) >= 11 is 5.15. The van der Waals surface area contributed by atoms with Crippen LogP contribution in [-0.2, 0) is 4.74 Å². The Morgan fingerprint density at radius 3 is 2.79 bits per heavy atom. The second-order valence-electron chi connectivity index (χ2n) is 3.40. The number of H-pyrrole nitrogens is 1. The minimum atomic E-state index is 0.184. The monoisotopic (exact) mass is 216 g/mol. The molecule has 1 aromatic rings. The van der Waals surface area contributed by atoms with Gasteiger partial charge in [-0.1, -0.05) is 0 Å². The molecular formula is C8H16N4OS. The summed E-state index contributed by atoms with van der Waals surface area (Å²) < 4.78 is 7.66. The number of ether oxygens (including phenoxy) is 1. The van der Waals surface area contributed by atoms with Crippen molar-refractivity contribution in [2.45, 2.75) is 13.0 Å². The van der Waals surface area contributed by atoms with E-state index < -0.39 is 0 Å². The maximum absolute atomic E-state index is 5.15. The van der Waals surface area contributed by atoms with Gasteiger partial charge in [-0.05, 0) is 19.1 Å². The van der Waals surface area contributed by atoms with Gasteiger partial charge in [-0.25, -0.2) is 5.10 Å². The van der Waals surface area contributed by atoms with Gasteiger partial charge in [-0.3, -0.25) is 4.57 Å². The summed E-state index contributed by atoms with van der Waals surface area (Å²) in [5.41, 5.74) is 0. The molecule has 0 aliphatic carbocycles. The average molecular weight is 216 g/mol. The molecule has 14 heavy (non-hydrogen) atoms. The van der Waals surface area contributed by atoms with Crippen molar-refractivity contribution in [3.8, 4) is 0 Å². The lowest BCUT2D eigenvalue weighted by molar-refractivity contribution is 0.162. The lowest BCUT2D eigenvalue weighted by atomic mass is 10.3. The van der Waals surface area contributed by atoms with Crippen molar-refractivity contribution in [2.24, 2.45) is 0 Å². The van der Waals surface area contributed by atoms with E-state index in [1.807, 2.05) is 30.5 Å². The average Bonchev–Trinajstić information content (AvgIpc) is 2.47. The second kappa shape index (κ2) is 4.56. The van der Waals surface area contributed by atoms with Gasteiger partial charge in [0.05, 0.1) is 12.6 Å². The minimum absolute atomic E-state index is 0.184. The van der Waals surface area contributed by atoms with E-state index in [1.54, 1.807) is 7.11 Å². The highest BCUT2D eigenvalue weighted by Gasteiger charge is 2.13. The van der Waals surface area contributed by atoms with Crippen LogP contribution in [0.3, 0.4) is 0 Å². The second-order valence-corrected chi connectivity index (χ2v) is 3.78. The predicted octanol–water partition coefficient (Wildman–Crippen LogP) is 1.21. The molecule has 5 nitrogen and oxygen atoms in total. The van der Waals surface area contributed by atoms with Crippen molar-refractivity contribution in [3.63, 3.8) is 0 Å².